The van der Waals surface area contributed by atoms with Gasteiger partial charge in [-0.15, -0.1) is 0 Å². The fourth-order valence-electron chi connectivity index (χ4n) is 1.10. The normalized spacial score (nSPS) is 12.2. The topological polar surface area (TPSA) is 29.1 Å². The summed E-state index contributed by atoms with van der Waals surface area (Å²) >= 11 is 4.20. The van der Waals surface area contributed by atoms with Crippen LogP contribution < -0.4 is 5.32 Å². The minimum Gasteiger partial charge on any atom is -0.358 e. The van der Waals surface area contributed by atoms with Crippen molar-refractivity contribution in [3.63, 3.8) is 0 Å². The van der Waals surface area contributed by atoms with E-state index in [2.05, 4.69) is 17.9 Å². The highest BCUT2D eigenvalue weighted by Gasteiger charge is 2.11. The van der Waals surface area contributed by atoms with E-state index in [1.54, 1.807) is 7.05 Å². The molecule has 1 aromatic carbocycles. The Morgan fingerprint density at radius 2 is 2.08 bits per heavy atom. The molecule has 0 saturated heterocycles. The van der Waals surface area contributed by atoms with Crippen LogP contribution in [0.1, 0.15) is 5.56 Å². The summed E-state index contributed by atoms with van der Waals surface area (Å²) < 4.78 is 0. The molecule has 0 aliphatic rings. The van der Waals surface area contributed by atoms with Gasteiger partial charge in [-0.25, -0.2) is 0 Å². The van der Waals surface area contributed by atoms with E-state index in [1.165, 1.54) is 0 Å². The second kappa shape index (κ2) is 4.92. The third kappa shape index (κ3) is 3.11. The third-order valence-electron chi connectivity index (χ3n) is 1.82. The van der Waals surface area contributed by atoms with Crippen molar-refractivity contribution < 1.29 is 4.79 Å². The molecule has 0 aliphatic heterocycles. The van der Waals surface area contributed by atoms with Crippen molar-refractivity contribution in [2.24, 2.45) is 0 Å². The molecule has 1 N–H and O–H groups in total. The quantitative estimate of drug-likeness (QED) is 0.699. The zero-order chi connectivity index (χ0) is 9.68. The first-order valence-electron chi connectivity index (χ1n) is 4.17. The molecule has 0 aromatic heterocycles. The number of rotatable bonds is 3. The van der Waals surface area contributed by atoms with Gasteiger partial charge in [0.2, 0.25) is 5.91 Å². The lowest BCUT2D eigenvalue weighted by Crippen LogP contribution is -2.29. The molecule has 2 nitrogen and oxygen atoms in total. The van der Waals surface area contributed by atoms with Gasteiger partial charge < -0.3 is 5.32 Å². The second-order valence-corrected chi connectivity index (χ2v) is 3.44. The van der Waals surface area contributed by atoms with Gasteiger partial charge in [0.05, 0.1) is 5.25 Å². The molecule has 70 valence electrons. The van der Waals surface area contributed by atoms with Crippen LogP contribution in [0.2, 0.25) is 0 Å². The lowest BCUT2D eigenvalue weighted by molar-refractivity contribution is -0.120. The van der Waals surface area contributed by atoms with Crippen LogP contribution in [0.15, 0.2) is 30.3 Å². The smallest absolute Gasteiger partial charge is 0.232 e. The summed E-state index contributed by atoms with van der Waals surface area (Å²) in [5, 5.41) is 2.31. The predicted molar refractivity (Wildman–Crippen MR) is 57.0 cm³/mol. The molecule has 1 aromatic rings. The molecule has 1 rings (SSSR count). The first-order valence-corrected chi connectivity index (χ1v) is 4.69. The van der Waals surface area contributed by atoms with E-state index in [4.69, 9.17) is 0 Å². The lowest BCUT2D eigenvalue weighted by atomic mass is 10.1. The Balaban J connectivity index is 2.55. The molecule has 13 heavy (non-hydrogen) atoms. The van der Waals surface area contributed by atoms with Crippen LogP contribution in [0.25, 0.3) is 0 Å². The number of thiol groups is 1. The Kier molecular flexibility index (Phi) is 3.83. The third-order valence-corrected chi connectivity index (χ3v) is 2.24. The summed E-state index contributed by atoms with van der Waals surface area (Å²) in [5.74, 6) is -0.0350. The number of hydrogen-bond donors (Lipinski definition) is 2. The Bertz CT molecular complexity index is 274. The standard InChI is InChI=1S/C10H13NOS/c1-11-10(12)9(13)7-8-5-3-2-4-6-8/h2-6,9,13H,7H2,1H3,(H,11,12). The Labute approximate surface area is 83.8 Å². The van der Waals surface area contributed by atoms with Crippen LogP contribution >= 0.6 is 12.6 Å². The van der Waals surface area contributed by atoms with Crippen molar-refractivity contribution >= 4 is 18.5 Å². The summed E-state index contributed by atoms with van der Waals surface area (Å²) in [4.78, 5) is 11.1. The highest BCUT2D eigenvalue weighted by atomic mass is 32.1. The van der Waals surface area contributed by atoms with Crippen molar-refractivity contribution in [1.82, 2.24) is 5.32 Å². The molecule has 0 aliphatic carbocycles. The maximum absolute atomic E-state index is 11.1. The van der Waals surface area contributed by atoms with Gasteiger partial charge in [-0.1, -0.05) is 30.3 Å². The molecule has 0 spiro atoms. The van der Waals surface area contributed by atoms with Gasteiger partial charge in [-0.05, 0) is 12.0 Å². The number of carbonyl (C=O) groups is 1. The zero-order valence-electron chi connectivity index (χ0n) is 7.53. The van der Waals surface area contributed by atoms with Crippen LogP contribution in [0.3, 0.4) is 0 Å². The van der Waals surface area contributed by atoms with Crippen LogP contribution in [-0.4, -0.2) is 18.2 Å². The highest BCUT2D eigenvalue weighted by molar-refractivity contribution is 7.81. The molecule has 0 bridgehead atoms. The van der Waals surface area contributed by atoms with Crippen molar-refractivity contribution in [3.8, 4) is 0 Å². The van der Waals surface area contributed by atoms with Crippen LogP contribution in [0, 0.1) is 0 Å². The van der Waals surface area contributed by atoms with Gasteiger partial charge in [0, 0.05) is 7.05 Å². The Morgan fingerprint density at radius 3 is 2.62 bits per heavy atom. The molecular formula is C10H13NOS. The first kappa shape index (κ1) is 10.1. The minimum absolute atomic E-state index is 0.0350. The maximum atomic E-state index is 11.1. The van der Waals surface area contributed by atoms with E-state index < -0.39 is 0 Å². The minimum atomic E-state index is -0.257. The van der Waals surface area contributed by atoms with E-state index in [9.17, 15) is 4.79 Å². The molecular weight excluding hydrogens is 182 g/mol. The predicted octanol–water partition coefficient (Wildman–Crippen LogP) is 1.27. The van der Waals surface area contributed by atoms with Crippen molar-refractivity contribution in [2.45, 2.75) is 11.7 Å². The van der Waals surface area contributed by atoms with Gasteiger partial charge in [0.15, 0.2) is 0 Å². The molecule has 0 fully saturated rings. The molecule has 0 heterocycles. The summed E-state index contributed by atoms with van der Waals surface area (Å²) in [5.41, 5.74) is 1.13. The van der Waals surface area contributed by atoms with Gasteiger partial charge >= 0.3 is 0 Å². The van der Waals surface area contributed by atoms with E-state index in [0.29, 0.717) is 6.42 Å². The summed E-state index contributed by atoms with van der Waals surface area (Å²) in [6.07, 6.45) is 0.670. The van der Waals surface area contributed by atoms with E-state index in [1.807, 2.05) is 30.3 Å². The van der Waals surface area contributed by atoms with Crippen LogP contribution in [-0.2, 0) is 11.2 Å². The Hall–Kier alpha value is -0.960. The summed E-state index contributed by atoms with van der Waals surface area (Å²) in [6, 6.07) is 9.86. The SMILES string of the molecule is CNC(=O)C(S)Cc1ccccc1. The monoisotopic (exact) mass is 195 g/mol. The maximum Gasteiger partial charge on any atom is 0.232 e. The first-order chi connectivity index (χ1) is 6.24. The molecule has 1 atom stereocenters. The van der Waals surface area contributed by atoms with E-state index in [-0.39, 0.29) is 11.2 Å². The second-order valence-electron chi connectivity index (χ2n) is 2.82. The fraction of sp³-hybridized carbons (Fsp3) is 0.300. The molecule has 0 radical (unpaired) electrons. The number of carbonyl (C=O) groups excluding carboxylic acids is 1. The Morgan fingerprint density at radius 1 is 1.46 bits per heavy atom. The van der Waals surface area contributed by atoms with Gasteiger partial charge in [0.1, 0.15) is 0 Å². The highest BCUT2D eigenvalue weighted by Crippen LogP contribution is 2.07. The van der Waals surface area contributed by atoms with Crippen LogP contribution in [0.4, 0.5) is 0 Å². The van der Waals surface area contributed by atoms with Gasteiger partial charge in [0.25, 0.3) is 0 Å². The molecule has 1 unspecified atom stereocenters. The number of hydrogen-bond acceptors (Lipinski definition) is 2. The summed E-state index contributed by atoms with van der Waals surface area (Å²) in [6.45, 7) is 0. The molecule has 1 amide bonds. The van der Waals surface area contributed by atoms with Crippen molar-refractivity contribution in [2.75, 3.05) is 7.05 Å². The molecule has 0 saturated carbocycles. The van der Waals surface area contributed by atoms with Gasteiger partial charge in [-0.3, -0.25) is 4.79 Å². The van der Waals surface area contributed by atoms with Crippen molar-refractivity contribution in [1.29, 1.82) is 0 Å². The fourth-order valence-corrected chi connectivity index (χ4v) is 1.44. The van der Waals surface area contributed by atoms with Crippen LogP contribution in [0.5, 0.6) is 0 Å². The largest absolute Gasteiger partial charge is 0.358 e. The average Bonchev–Trinajstić information content (AvgIpc) is 2.18. The summed E-state index contributed by atoms with van der Waals surface area (Å²) in [7, 11) is 1.62. The molecule has 3 heteroatoms. The number of amides is 1. The zero-order valence-corrected chi connectivity index (χ0v) is 8.42. The average molecular weight is 195 g/mol. The van der Waals surface area contributed by atoms with Crippen molar-refractivity contribution in [3.05, 3.63) is 35.9 Å². The number of benzene rings is 1. The van der Waals surface area contributed by atoms with Gasteiger partial charge in [-0.2, -0.15) is 12.6 Å². The number of nitrogens with one attached hydrogen (secondary N) is 1. The lowest BCUT2D eigenvalue weighted by Gasteiger charge is -2.08. The van der Waals surface area contributed by atoms with E-state index >= 15 is 0 Å². The van der Waals surface area contributed by atoms with E-state index in [0.717, 1.165) is 5.56 Å².